The lowest BCUT2D eigenvalue weighted by Crippen LogP contribution is -2.11. The van der Waals surface area contributed by atoms with Crippen molar-refractivity contribution in [1.82, 2.24) is 20.1 Å². The highest BCUT2D eigenvalue weighted by atomic mass is 19.4. The molecular weight excluding hydrogens is 327 g/mol. The second-order valence-electron chi connectivity index (χ2n) is 5.10. The third-order valence-electron chi connectivity index (χ3n) is 3.11. The van der Waals surface area contributed by atoms with Crippen LogP contribution in [0.4, 0.5) is 18.9 Å². The van der Waals surface area contributed by atoms with Crippen molar-refractivity contribution in [2.24, 2.45) is 0 Å². The molecule has 1 amide bonds. The fourth-order valence-corrected chi connectivity index (χ4v) is 1.98. The van der Waals surface area contributed by atoms with E-state index in [0.29, 0.717) is 31.4 Å². The highest BCUT2D eigenvalue weighted by Crippen LogP contribution is 2.27. The van der Waals surface area contributed by atoms with E-state index in [1.165, 1.54) is 18.7 Å². The zero-order valence-corrected chi connectivity index (χ0v) is 12.7. The molecule has 0 radical (unpaired) electrons. The number of nitrogens with zero attached hydrogens (tertiary/aromatic N) is 4. The highest BCUT2D eigenvalue weighted by molar-refractivity contribution is 5.90. The number of amides is 1. The monoisotopic (exact) mass is 343 g/mol. The number of anilines is 1. The van der Waals surface area contributed by atoms with Gasteiger partial charge in [-0.1, -0.05) is 18.0 Å². The minimum absolute atomic E-state index is 0.0455. The lowest BCUT2D eigenvalue weighted by molar-refractivity contribution is -0.159. The number of hydrogen-bond donors (Lipinski definition) is 1. The quantitative estimate of drug-likeness (QED) is 0.741. The van der Waals surface area contributed by atoms with Crippen molar-refractivity contribution < 1.29 is 22.5 Å². The van der Waals surface area contributed by atoms with E-state index in [1.807, 2.05) is 0 Å². The molecule has 24 heavy (non-hydrogen) atoms. The predicted molar refractivity (Wildman–Crippen MR) is 76.8 cm³/mol. The molecular formula is C14H16F3N5O2. The van der Waals surface area contributed by atoms with Crippen LogP contribution >= 0.6 is 0 Å². The smallest absolute Gasteiger partial charge is 0.329 e. The average Bonchev–Trinajstić information content (AvgIpc) is 3.01. The summed E-state index contributed by atoms with van der Waals surface area (Å²) in [5.41, 5.74) is 0.542. The summed E-state index contributed by atoms with van der Waals surface area (Å²) in [7, 11) is 0. The molecule has 0 aromatic carbocycles. The molecule has 2 rings (SSSR count). The number of alkyl halides is 3. The Labute approximate surface area is 135 Å². The predicted octanol–water partition coefficient (Wildman–Crippen LogP) is 3.01. The number of aromatic nitrogens is 4. The van der Waals surface area contributed by atoms with Crippen LogP contribution in [-0.2, 0) is 17.4 Å². The summed E-state index contributed by atoms with van der Waals surface area (Å²) in [6, 6.07) is 0. The lowest BCUT2D eigenvalue weighted by Gasteiger charge is -2.03. The van der Waals surface area contributed by atoms with E-state index in [-0.39, 0.29) is 11.7 Å². The van der Waals surface area contributed by atoms with Crippen molar-refractivity contribution in [2.75, 3.05) is 5.32 Å². The molecule has 2 aromatic heterocycles. The lowest BCUT2D eigenvalue weighted by atomic mass is 10.1. The van der Waals surface area contributed by atoms with E-state index >= 15 is 0 Å². The van der Waals surface area contributed by atoms with Crippen LogP contribution < -0.4 is 5.32 Å². The maximum absolute atomic E-state index is 12.3. The number of aryl methyl sites for hydroxylation is 1. The van der Waals surface area contributed by atoms with Crippen LogP contribution in [0.1, 0.15) is 43.8 Å². The van der Waals surface area contributed by atoms with Gasteiger partial charge in [-0.3, -0.25) is 4.79 Å². The van der Waals surface area contributed by atoms with Gasteiger partial charge in [0.2, 0.25) is 5.91 Å². The van der Waals surface area contributed by atoms with Crippen LogP contribution in [0.25, 0.3) is 0 Å². The van der Waals surface area contributed by atoms with Gasteiger partial charge in [-0.25, -0.2) is 9.97 Å². The first-order chi connectivity index (χ1) is 11.4. The number of unbranched alkanes of at least 4 members (excludes halogenated alkanes) is 3. The van der Waals surface area contributed by atoms with Gasteiger partial charge in [0.05, 0.1) is 18.1 Å². The molecule has 2 heterocycles. The largest absolute Gasteiger partial charge is 0.471 e. The van der Waals surface area contributed by atoms with Gasteiger partial charge in [-0.2, -0.15) is 18.2 Å². The van der Waals surface area contributed by atoms with E-state index < -0.39 is 12.1 Å². The van der Waals surface area contributed by atoms with Crippen molar-refractivity contribution in [3.8, 4) is 0 Å². The van der Waals surface area contributed by atoms with Gasteiger partial charge in [0.25, 0.3) is 0 Å². The molecule has 130 valence electrons. The molecule has 0 aliphatic rings. The number of carbonyl (C=O) groups excluding carboxylic acids is 1. The second kappa shape index (κ2) is 8.37. The molecule has 0 saturated heterocycles. The van der Waals surface area contributed by atoms with Crippen molar-refractivity contribution >= 4 is 11.6 Å². The Bertz CT molecular complexity index is 645. The molecule has 10 heteroatoms. The van der Waals surface area contributed by atoms with Crippen LogP contribution in [0.15, 0.2) is 23.2 Å². The topological polar surface area (TPSA) is 93.8 Å². The fourth-order valence-electron chi connectivity index (χ4n) is 1.98. The highest BCUT2D eigenvalue weighted by Gasteiger charge is 2.38. The van der Waals surface area contributed by atoms with E-state index in [0.717, 1.165) is 12.8 Å². The van der Waals surface area contributed by atoms with Gasteiger partial charge in [0, 0.05) is 12.8 Å². The maximum atomic E-state index is 12.3. The molecule has 0 spiro atoms. The van der Waals surface area contributed by atoms with Gasteiger partial charge in [-0.15, -0.1) is 0 Å². The Morgan fingerprint density at radius 1 is 1.12 bits per heavy atom. The van der Waals surface area contributed by atoms with Crippen LogP contribution in [0.5, 0.6) is 0 Å². The first kappa shape index (κ1) is 17.8. The molecule has 0 atom stereocenters. The molecule has 0 fully saturated rings. The van der Waals surface area contributed by atoms with E-state index in [9.17, 15) is 18.0 Å². The first-order valence-corrected chi connectivity index (χ1v) is 7.40. The van der Waals surface area contributed by atoms with E-state index in [2.05, 4.69) is 29.9 Å². The van der Waals surface area contributed by atoms with Crippen LogP contribution in [0, 0.1) is 0 Å². The molecule has 0 aliphatic carbocycles. The van der Waals surface area contributed by atoms with Crippen LogP contribution in [0.2, 0.25) is 0 Å². The number of halogens is 3. The Balaban J connectivity index is 1.57. The Morgan fingerprint density at radius 2 is 1.83 bits per heavy atom. The van der Waals surface area contributed by atoms with Crippen molar-refractivity contribution in [3.63, 3.8) is 0 Å². The molecule has 0 bridgehead atoms. The first-order valence-electron chi connectivity index (χ1n) is 7.40. The van der Waals surface area contributed by atoms with E-state index in [1.54, 1.807) is 0 Å². The number of carbonyl (C=O) groups is 1. The zero-order chi connectivity index (χ0) is 17.4. The maximum Gasteiger partial charge on any atom is 0.471 e. The van der Waals surface area contributed by atoms with Crippen molar-refractivity contribution in [1.29, 1.82) is 0 Å². The summed E-state index contributed by atoms with van der Waals surface area (Å²) in [6.07, 6.45) is 3.29. The van der Waals surface area contributed by atoms with Gasteiger partial charge >= 0.3 is 12.1 Å². The number of rotatable bonds is 8. The summed E-state index contributed by atoms with van der Waals surface area (Å²) in [4.78, 5) is 22.5. The van der Waals surface area contributed by atoms with Crippen LogP contribution in [-0.4, -0.2) is 26.0 Å². The SMILES string of the molecule is O=C(CCCCCCc1noc(C(F)(F)F)n1)Nc1cncnc1. The standard InChI is InChI=1S/C14H16F3N5O2/c15-14(16,17)13-21-11(22-24-13)5-3-1-2-4-6-12(23)20-10-7-18-9-19-8-10/h7-9H,1-6H2,(H,20,23). The van der Waals surface area contributed by atoms with Crippen molar-refractivity contribution in [2.45, 2.75) is 44.7 Å². The van der Waals surface area contributed by atoms with Gasteiger partial charge in [0.15, 0.2) is 5.82 Å². The second-order valence-corrected chi connectivity index (χ2v) is 5.10. The minimum atomic E-state index is -4.61. The Morgan fingerprint density at radius 3 is 2.50 bits per heavy atom. The van der Waals surface area contributed by atoms with E-state index in [4.69, 9.17) is 0 Å². The van der Waals surface area contributed by atoms with Gasteiger partial charge < -0.3 is 9.84 Å². The normalized spacial score (nSPS) is 11.5. The minimum Gasteiger partial charge on any atom is -0.329 e. The summed E-state index contributed by atoms with van der Waals surface area (Å²) in [5.74, 6) is -1.40. The average molecular weight is 343 g/mol. The van der Waals surface area contributed by atoms with Crippen molar-refractivity contribution in [3.05, 3.63) is 30.4 Å². The van der Waals surface area contributed by atoms with Gasteiger partial charge in [-0.05, 0) is 12.8 Å². The summed E-state index contributed by atoms with van der Waals surface area (Å²) < 4.78 is 41.0. The Hall–Kier alpha value is -2.52. The fraction of sp³-hybridized carbons (Fsp3) is 0.500. The summed E-state index contributed by atoms with van der Waals surface area (Å²) >= 11 is 0. The molecule has 1 N–H and O–H groups in total. The third kappa shape index (κ3) is 5.94. The third-order valence-corrected chi connectivity index (χ3v) is 3.11. The number of nitrogens with one attached hydrogen (secondary N) is 1. The summed E-state index contributed by atoms with van der Waals surface area (Å²) in [5, 5.41) is 5.97. The Kier molecular flexibility index (Phi) is 6.21. The van der Waals surface area contributed by atoms with Crippen LogP contribution in [0.3, 0.4) is 0 Å². The van der Waals surface area contributed by atoms with Gasteiger partial charge in [0.1, 0.15) is 6.33 Å². The zero-order valence-electron chi connectivity index (χ0n) is 12.7. The summed E-state index contributed by atoms with van der Waals surface area (Å²) in [6.45, 7) is 0. The molecule has 0 aliphatic heterocycles. The number of hydrogen-bond acceptors (Lipinski definition) is 6. The molecule has 0 saturated carbocycles. The molecule has 7 nitrogen and oxygen atoms in total. The molecule has 2 aromatic rings. The molecule has 0 unspecified atom stereocenters.